The van der Waals surface area contributed by atoms with Gasteiger partial charge in [0.2, 0.25) is 5.95 Å². The average Bonchev–Trinajstić information content (AvgIpc) is 3.12. The Morgan fingerprint density at radius 1 is 1.13 bits per heavy atom. The molecule has 0 aliphatic rings. The van der Waals surface area contributed by atoms with Crippen LogP contribution in [0, 0.1) is 0 Å². The number of anilines is 2. The van der Waals surface area contributed by atoms with E-state index >= 15 is 0 Å². The standard InChI is InChI=1S/C17H19N5O/c1-2-22(13-14-7-4-3-5-8-14)16-12-19-21-17(20-16)18-11-15-9-6-10-23-15/h3-10,12H,2,11,13H2,1H3,(H,18,20,21). The van der Waals surface area contributed by atoms with Crippen LogP contribution in [0.5, 0.6) is 0 Å². The number of nitrogens with zero attached hydrogens (tertiary/aromatic N) is 4. The van der Waals surface area contributed by atoms with Crippen LogP contribution < -0.4 is 10.2 Å². The van der Waals surface area contributed by atoms with Crippen LogP contribution in [-0.2, 0) is 13.1 Å². The second-order valence-electron chi connectivity index (χ2n) is 5.07. The van der Waals surface area contributed by atoms with E-state index in [1.165, 1.54) is 5.56 Å². The summed E-state index contributed by atoms with van der Waals surface area (Å²) in [5, 5.41) is 11.2. The van der Waals surface area contributed by atoms with Crippen molar-refractivity contribution in [3.8, 4) is 0 Å². The largest absolute Gasteiger partial charge is 0.467 e. The Kier molecular flexibility index (Phi) is 4.83. The molecule has 0 aliphatic heterocycles. The predicted octanol–water partition coefficient (Wildman–Crippen LogP) is 3.10. The summed E-state index contributed by atoms with van der Waals surface area (Å²) in [6.45, 7) is 4.25. The molecule has 6 heteroatoms. The fourth-order valence-corrected chi connectivity index (χ4v) is 2.26. The van der Waals surface area contributed by atoms with Gasteiger partial charge in [-0.25, -0.2) is 0 Å². The summed E-state index contributed by atoms with van der Waals surface area (Å²) in [6.07, 6.45) is 3.33. The Morgan fingerprint density at radius 2 is 2.00 bits per heavy atom. The summed E-state index contributed by atoms with van der Waals surface area (Å²) < 4.78 is 5.28. The third-order valence-electron chi connectivity index (χ3n) is 3.47. The Bertz CT molecular complexity index is 715. The van der Waals surface area contributed by atoms with Crippen molar-refractivity contribution in [1.82, 2.24) is 15.2 Å². The van der Waals surface area contributed by atoms with Crippen molar-refractivity contribution in [1.29, 1.82) is 0 Å². The van der Waals surface area contributed by atoms with Crippen molar-refractivity contribution >= 4 is 11.8 Å². The summed E-state index contributed by atoms with van der Waals surface area (Å²) in [5.74, 6) is 2.12. The minimum Gasteiger partial charge on any atom is -0.467 e. The van der Waals surface area contributed by atoms with Crippen LogP contribution in [0.15, 0.2) is 59.3 Å². The molecule has 0 amide bonds. The van der Waals surface area contributed by atoms with Crippen molar-refractivity contribution in [2.45, 2.75) is 20.0 Å². The third-order valence-corrected chi connectivity index (χ3v) is 3.47. The summed E-state index contributed by atoms with van der Waals surface area (Å²) in [6, 6.07) is 14.1. The van der Waals surface area contributed by atoms with E-state index in [-0.39, 0.29) is 0 Å². The zero-order chi connectivity index (χ0) is 15.9. The fraction of sp³-hybridized carbons (Fsp3) is 0.235. The predicted molar refractivity (Wildman–Crippen MR) is 89.0 cm³/mol. The molecule has 0 fully saturated rings. The van der Waals surface area contributed by atoms with Gasteiger partial charge in [-0.1, -0.05) is 30.3 Å². The Balaban J connectivity index is 1.69. The molecule has 0 atom stereocenters. The van der Waals surface area contributed by atoms with Gasteiger partial charge in [0.15, 0.2) is 5.82 Å². The van der Waals surface area contributed by atoms with E-state index in [1.54, 1.807) is 12.5 Å². The highest BCUT2D eigenvalue weighted by Gasteiger charge is 2.09. The molecule has 0 aliphatic carbocycles. The lowest BCUT2D eigenvalue weighted by atomic mass is 10.2. The van der Waals surface area contributed by atoms with Gasteiger partial charge < -0.3 is 14.6 Å². The molecular weight excluding hydrogens is 290 g/mol. The van der Waals surface area contributed by atoms with Crippen LogP contribution in [-0.4, -0.2) is 21.7 Å². The highest BCUT2D eigenvalue weighted by atomic mass is 16.3. The highest BCUT2D eigenvalue weighted by molar-refractivity contribution is 5.41. The zero-order valence-electron chi connectivity index (χ0n) is 13.0. The van der Waals surface area contributed by atoms with E-state index in [0.29, 0.717) is 12.5 Å². The van der Waals surface area contributed by atoms with E-state index in [4.69, 9.17) is 4.42 Å². The molecule has 3 aromatic rings. The molecule has 3 rings (SSSR count). The number of rotatable bonds is 7. The maximum atomic E-state index is 5.28. The molecule has 0 bridgehead atoms. The first-order valence-corrected chi connectivity index (χ1v) is 7.60. The van der Waals surface area contributed by atoms with Gasteiger partial charge in [-0.2, -0.15) is 10.1 Å². The summed E-state index contributed by atoms with van der Waals surface area (Å²) >= 11 is 0. The van der Waals surface area contributed by atoms with Crippen LogP contribution in [0.4, 0.5) is 11.8 Å². The third kappa shape index (κ3) is 4.06. The van der Waals surface area contributed by atoms with Crippen molar-refractivity contribution in [3.05, 3.63) is 66.2 Å². The van der Waals surface area contributed by atoms with Gasteiger partial charge in [0.05, 0.1) is 19.0 Å². The van der Waals surface area contributed by atoms with Crippen LogP contribution in [0.3, 0.4) is 0 Å². The molecule has 6 nitrogen and oxygen atoms in total. The number of furan rings is 1. The highest BCUT2D eigenvalue weighted by Crippen LogP contribution is 2.15. The molecule has 0 saturated carbocycles. The monoisotopic (exact) mass is 309 g/mol. The van der Waals surface area contributed by atoms with E-state index in [0.717, 1.165) is 24.7 Å². The lowest BCUT2D eigenvalue weighted by molar-refractivity contribution is 0.517. The molecule has 1 aromatic carbocycles. The van der Waals surface area contributed by atoms with Crippen LogP contribution in [0.25, 0.3) is 0 Å². The van der Waals surface area contributed by atoms with Gasteiger partial charge in [0, 0.05) is 13.1 Å². The SMILES string of the molecule is CCN(Cc1ccccc1)c1cnnc(NCc2ccco2)n1. The van der Waals surface area contributed by atoms with E-state index in [2.05, 4.69) is 44.5 Å². The van der Waals surface area contributed by atoms with Crippen molar-refractivity contribution < 1.29 is 4.42 Å². The van der Waals surface area contributed by atoms with E-state index in [1.807, 2.05) is 30.3 Å². The van der Waals surface area contributed by atoms with Crippen molar-refractivity contribution in [2.75, 3.05) is 16.8 Å². The maximum absolute atomic E-state index is 5.28. The van der Waals surface area contributed by atoms with Gasteiger partial charge in [-0.3, -0.25) is 0 Å². The van der Waals surface area contributed by atoms with Gasteiger partial charge in [0.1, 0.15) is 5.76 Å². The molecule has 0 spiro atoms. The molecule has 0 radical (unpaired) electrons. The first kappa shape index (κ1) is 15.0. The smallest absolute Gasteiger partial charge is 0.245 e. The van der Waals surface area contributed by atoms with Gasteiger partial charge in [0.25, 0.3) is 0 Å². The lowest BCUT2D eigenvalue weighted by Gasteiger charge is -2.21. The van der Waals surface area contributed by atoms with Crippen LogP contribution in [0.2, 0.25) is 0 Å². The number of benzene rings is 1. The van der Waals surface area contributed by atoms with Crippen LogP contribution in [0.1, 0.15) is 18.2 Å². The molecule has 0 unspecified atom stereocenters. The van der Waals surface area contributed by atoms with E-state index in [9.17, 15) is 0 Å². The lowest BCUT2D eigenvalue weighted by Crippen LogP contribution is -2.24. The van der Waals surface area contributed by atoms with E-state index < -0.39 is 0 Å². The van der Waals surface area contributed by atoms with Gasteiger partial charge in [-0.05, 0) is 24.6 Å². The second-order valence-corrected chi connectivity index (χ2v) is 5.07. The number of aromatic nitrogens is 3. The topological polar surface area (TPSA) is 67.1 Å². The first-order valence-electron chi connectivity index (χ1n) is 7.60. The van der Waals surface area contributed by atoms with Crippen LogP contribution >= 0.6 is 0 Å². The fourth-order valence-electron chi connectivity index (χ4n) is 2.26. The number of nitrogens with one attached hydrogen (secondary N) is 1. The summed E-state index contributed by atoms with van der Waals surface area (Å²) in [5.41, 5.74) is 1.23. The van der Waals surface area contributed by atoms with Gasteiger partial charge in [-0.15, -0.1) is 5.10 Å². The molecule has 118 valence electrons. The number of hydrogen-bond donors (Lipinski definition) is 1. The number of hydrogen-bond acceptors (Lipinski definition) is 6. The Hall–Kier alpha value is -2.89. The quantitative estimate of drug-likeness (QED) is 0.723. The zero-order valence-corrected chi connectivity index (χ0v) is 13.0. The molecular formula is C17H19N5O. The molecule has 2 aromatic heterocycles. The minimum atomic E-state index is 0.491. The summed E-state index contributed by atoms with van der Waals surface area (Å²) in [4.78, 5) is 6.69. The Morgan fingerprint density at radius 3 is 2.74 bits per heavy atom. The summed E-state index contributed by atoms with van der Waals surface area (Å²) in [7, 11) is 0. The Labute approximate surface area is 135 Å². The molecule has 23 heavy (non-hydrogen) atoms. The maximum Gasteiger partial charge on any atom is 0.245 e. The average molecular weight is 309 g/mol. The van der Waals surface area contributed by atoms with Gasteiger partial charge >= 0.3 is 0 Å². The molecule has 0 saturated heterocycles. The van der Waals surface area contributed by atoms with Crippen molar-refractivity contribution in [3.63, 3.8) is 0 Å². The first-order chi connectivity index (χ1) is 11.3. The second kappa shape index (κ2) is 7.40. The molecule has 2 heterocycles. The van der Waals surface area contributed by atoms with Crippen molar-refractivity contribution in [2.24, 2.45) is 0 Å². The molecule has 1 N–H and O–H groups in total. The normalized spacial score (nSPS) is 10.5. The minimum absolute atomic E-state index is 0.491.